The molecule has 6 nitrogen and oxygen atoms in total. The third-order valence-corrected chi connectivity index (χ3v) is 3.59. The summed E-state index contributed by atoms with van der Waals surface area (Å²) in [5, 5.41) is 15.9. The average molecular weight is 272 g/mol. The second kappa shape index (κ2) is 4.97. The van der Waals surface area contributed by atoms with Crippen molar-refractivity contribution in [3.05, 3.63) is 16.4 Å². The minimum absolute atomic E-state index is 0.0994. The number of nitrogens with one attached hydrogen (secondary N) is 1. The summed E-state index contributed by atoms with van der Waals surface area (Å²) in [7, 11) is 0. The lowest BCUT2D eigenvalue weighted by molar-refractivity contribution is -0.143. The summed E-state index contributed by atoms with van der Waals surface area (Å²) in [6.45, 7) is 2.13. The van der Waals surface area contributed by atoms with Crippen LogP contribution in [-0.4, -0.2) is 44.7 Å². The van der Waals surface area contributed by atoms with Gasteiger partial charge >= 0.3 is 5.97 Å². The first-order chi connectivity index (χ1) is 8.52. The van der Waals surface area contributed by atoms with Crippen LogP contribution in [0.3, 0.4) is 0 Å². The molecular formula is C11H14ClN3O3. The van der Waals surface area contributed by atoms with Gasteiger partial charge in [-0.1, -0.05) is 11.6 Å². The largest absolute Gasteiger partial charge is 0.480 e. The molecule has 2 heterocycles. The number of likely N-dealkylation sites (tertiary alicyclic amines) is 1. The summed E-state index contributed by atoms with van der Waals surface area (Å²) < 4.78 is 0. The van der Waals surface area contributed by atoms with E-state index >= 15 is 0 Å². The van der Waals surface area contributed by atoms with Gasteiger partial charge in [0.05, 0.1) is 10.7 Å². The number of nitrogens with zero attached hydrogens (tertiary/aromatic N) is 2. The number of carboxylic acids is 1. The first-order valence-corrected chi connectivity index (χ1v) is 6.14. The zero-order chi connectivity index (χ0) is 13.3. The molecule has 1 aromatic heterocycles. The fourth-order valence-corrected chi connectivity index (χ4v) is 2.29. The maximum Gasteiger partial charge on any atom is 0.326 e. The maximum atomic E-state index is 12.2. The molecule has 0 radical (unpaired) electrons. The molecule has 1 amide bonds. The lowest BCUT2D eigenvalue weighted by atomic mass is 10.0. The molecule has 1 aliphatic heterocycles. The fourth-order valence-electron chi connectivity index (χ4n) is 2.12. The van der Waals surface area contributed by atoms with Crippen LogP contribution in [0, 0.1) is 6.92 Å². The van der Waals surface area contributed by atoms with Gasteiger partial charge in [-0.3, -0.25) is 9.89 Å². The number of carbonyl (C=O) groups is 2. The predicted octanol–water partition coefficient (Wildman–Crippen LogP) is 1.45. The van der Waals surface area contributed by atoms with Gasteiger partial charge in [0.25, 0.3) is 5.91 Å². The van der Waals surface area contributed by atoms with Crippen molar-refractivity contribution in [1.29, 1.82) is 0 Å². The Labute approximate surface area is 109 Å². The zero-order valence-electron chi connectivity index (χ0n) is 9.94. The monoisotopic (exact) mass is 271 g/mol. The molecule has 1 aromatic rings. The van der Waals surface area contributed by atoms with Crippen molar-refractivity contribution >= 4 is 23.5 Å². The predicted molar refractivity (Wildman–Crippen MR) is 64.6 cm³/mol. The molecular weight excluding hydrogens is 258 g/mol. The van der Waals surface area contributed by atoms with Crippen LogP contribution < -0.4 is 0 Å². The van der Waals surface area contributed by atoms with Crippen LogP contribution in [0.5, 0.6) is 0 Å². The number of amides is 1. The lowest BCUT2D eigenvalue weighted by Crippen LogP contribution is -2.48. The van der Waals surface area contributed by atoms with E-state index in [1.165, 1.54) is 4.90 Å². The van der Waals surface area contributed by atoms with E-state index in [-0.39, 0.29) is 10.7 Å². The van der Waals surface area contributed by atoms with Gasteiger partial charge < -0.3 is 10.0 Å². The highest BCUT2D eigenvalue weighted by molar-refractivity contribution is 6.34. The molecule has 0 saturated carbocycles. The molecule has 98 valence electrons. The van der Waals surface area contributed by atoms with Crippen molar-refractivity contribution in [3.8, 4) is 0 Å². The van der Waals surface area contributed by atoms with Gasteiger partial charge in [-0.15, -0.1) is 0 Å². The number of aromatic amines is 1. The lowest BCUT2D eigenvalue weighted by Gasteiger charge is -2.32. The summed E-state index contributed by atoms with van der Waals surface area (Å²) in [5.74, 6) is -1.40. The maximum absolute atomic E-state index is 12.2. The number of rotatable bonds is 2. The molecule has 0 spiro atoms. The van der Waals surface area contributed by atoms with E-state index in [4.69, 9.17) is 16.7 Å². The Morgan fingerprint density at radius 1 is 1.50 bits per heavy atom. The molecule has 1 saturated heterocycles. The zero-order valence-corrected chi connectivity index (χ0v) is 10.7. The van der Waals surface area contributed by atoms with Crippen LogP contribution in [0.15, 0.2) is 0 Å². The highest BCUT2D eigenvalue weighted by Gasteiger charge is 2.34. The van der Waals surface area contributed by atoms with Crippen LogP contribution in [0.1, 0.15) is 35.4 Å². The molecule has 7 heteroatoms. The first kappa shape index (κ1) is 12.9. The van der Waals surface area contributed by atoms with Crippen molar-refractivity contribution in [2.75, 3.05) is 6.54 Å². The number of piperidine rings is 1. The summed E-state index contributed by atoms with van der Waals surface area (Å²) in [6, 6.07) is -0.778. The van der Waals surface area contributed by atoms with Crippen molar-refractivity contribution in [2.45, 2.75) is 32.2 Å². The first-order valence-electron chi connectivity index (χ1n) is 5.76. The van der Waals surface area contributed by atoms with Gasteiger partial charge in [0.1, 0.15) is 6.04 Å². The van der Waals surface area contributed by atoms with E-state index in [1.807, 2.05) is 0 Å². The van der Waals surface area contributed by atoms with E-state index in [9.17, 15) is 9.59 Å². The van der Waals surface area contributed by atoms with Gasteiger partial charge in [0.15, 0.2) is 5.69 Å². The second-order valence-corrected chi connectivity index (χ2v) is 4.74. The van der Waals surface area contributed by atoms with Crippen LogP contribution in [-0.2, 0) is 4.79 Å². The van der Waals surface area contributed by atoms with Gasteiger partial charge in [0.2, 0.25) is 0 Å². The molecule has 0 aliphatic carbocycles. The van der Waals surface area contributed by atoms with Crippen LogP contribution >= 0.6 is 11.6 Å². The summed E-state index contributed by atoms with van der Waals surface area (Å²) >= 11 is 5.96. The Morgan fingerprint density at radius 3 is 2.78 bits per heavy atom. The van der Waals surface area contributed by atoms with Crippen molar-refractivity contribution in [3.63, 3.8) is 0 Å². The normalized spacial score (nSPS) is 19.9. The van der Waals surface area contributed by atoms with Crippen molar-refractivity contribution < 1.29 is 14.7 Å². The number of hydrogen-bond donors (Lipinski definition) is 2. The molecule has 18 heavy (non-hydrogen) atoms. The number of halogens is 1. The number of carbonyl (C=O) groups excluding carboxylic acids is 1. The highest BCUT2D eigenvalue weighted by atomic mass is 35.5. The summed E-state index contributed by atoms with van der Waals surface area (Å²) in [4.78, 5) is 24.7. The van der Waals surface area contributed by atoms with E-state index in [0.29, 0.717) is 18.7 Å². The quantitative estimate of drug-likeness (QED) is 0.852. The number of hydrogen-bond acceptors (Lipinski definition) is 3. The van der Waals surface area contributed by atoms with Crippen molar-refractivity contribution in [2.24, 2.45) is 0 Å². The Hall–Kier alpha value is -1.56. The van der Waals surface area contributed by atoms with Crippen LogP contribution in [0.4, 0.5) is 0 Å². The Bertz CT molecular complexity index is 486. The Kier molecular flexibility index (Phi) is 3.56. The van der Waals surface area contributed by atoms with Gasteiger partial charge in [-0.05, 0) is 26.2 Å². The molecule has 1 fully saturated rings. The molecule has 2 rings (SSSR count). The van der Waals surface area contributed by atoms with Gasteiger partial charge in [-0.25, -0.2) is 4.79 Å². The van der Waals surface area contributed by atoms with Crippen LogP contribution in [0.2, 0.25) is 5.02 Å². The minimum atomic E-state index is -0.980. The minimum Gasteiger partial charge on any atom is -0.480 e. The third kappa shape index (κ3) is 2.20. The second-order valence-electron chi connectivity index (χ2n) is 4.36. The summed E-state index contributed by atoms with van der Waals surface area (Å²) in [6.07, 6.45) is 2.09. The smallest absolute Gasteiger partial charge is 0.326 e. The number of H-pyrrole nitrogens is 1. The molecule has 2 N–H and O–H groups in total. The van der Waals surface area contributed by atoms with E-state index in [2.05, 4.69) is 10.2 Å². The van der Waals surface area contributed by atoms with Crippen LogP contribution in [0.25, 0.3) is 0 Å². The van der Waals surface area contributed by atoms with Crippen molar-refractivity contribution in [1.82, 2.24) is 15.1 Å². The molecule has 0 bridgehead atoms. The Morgan fingerprint density at radius 2 is 2.22 bits per heavy atom. The SMILES string of the molecule is Cc1[nH]nc(C(=O)N2CCCC[C@H]2C(=O)O)c1Cl. The van der Waals surface area contributed by atoms with E-state index in [1.54, 1.807) is 6.92 Å². The fraction of sp³-hybridized carbons (Fsp3) is 0.545. The molecule has 0 unspecified atom stereocenters. The van der Waals surface area contributed by atoms with E-state index < -0.39 is 17.9 Å². The molecule has 0 aromatic carbocycles. The Balaban J connectivity index is 2.26. The number of aromatic nitrogens is 2. The standard InChI is InChI=1S/C11H14ClN3O3/c1-6-8(12)9(14-13-6)10(16)15-5-3-2-4-7(15)11(17)18/h7H,2-5H2,1H3,(H,13,14)(H,17,18)/t7-/m0/s1. The topological polar surface area (TPSA) is 86.3 Å². The average Bonchev–Trinajstić information content (AvgIpc) is 2.69. The highest BCUT2D eigenvalue weighted by Crippen LogP contribution is 2.23. The number of carboxylic acid groups (broad SMARTS) is 1. The number of aliphatic carboxylic acids is 1. The van der Waals surface area contributed by atoms with Gasteiger partial charge in [-0.2, -0.15) is 5.10 Å². The van der Waals surface area contributed by atoms with E-state index in [0.717, 1.165) is 12.8 Å². The molecule has 1 atom stereocenters. The number of aryl methyl sites for hydroxylation is 1. The summed E-state index contributed by atoms with van der Waals surface area (Å²) in [5.41, 5.74) is 0.700. The van der Waals surface area contributed by atoms with Gasteiger partial charge in [0, 0.05) is 6.54 Å². The molecule has 1 aliphatic rings. The third-order valence-electron chi connectivity index (χ3n) is 3.12.